The SMILES string of the molecule is CCCNCc1nc(-c2cccc([N+](=O)[O-])c2)c(C)[nH]1. The second kappa shape index (κ2) is 6.29. The van der Waals surface area contributed by atoms with Gasteiger partial charge in [0.25, 0.3) is 5.69 Å². The van der Waals surface area contributed by atoms with Crippen LogP contribution in [0.25, 0.3) is 11.3 Å². The van der Waals surface area contributed by atoms with Gasteiger partial charge in [-0.1, -0.05) is 19.1 Å². The van der Waals surface area contributed by atoms with Crippen molar-refractivity contribution in [2.45, 2.75) is 26.8 Å². The van der Waals surface area contributed by atoms with E-state index in [0.717, 1.165) is 35.7 Å². The lowest BCUT2D eigenvalue weighted by Crippen LogP contribution is -2.14. The molecule has 0 saturated carbocycles. The number of nitro benzene ring substituents is 1. The van der Waals surface area contributed by atoms with Gasteiger partial charge in [0.1, 0.15) is 5.82 Å². The molecule has 0 unspecified atom stereocenters. The number of nitrogens with zero attached hydrogens (tertiary/aromatic N) is 2. The van der Waals surface area contributed by atoms with E-state index in [9.17, 15) is 10.1 Å². The van der Waals surface area contributed by atoms with Gasteiger partial charge < -0.3 is 10.3 Å². The van der Waals surface area contributed by atoms with Gasteiger partial charge in [0.2, 0.25) is 0 Å². The van der Waals surface area contributed by atoms with Crippen molar-refractivity contribution in [2.75, 3.05) is 6.54 Å². The van der Waals surface area contributed by atoms with Gasteiger partial charge in [-0.2, -0.15) is 0 Å². The average Bonchev–Trinajstić information content (AvgIpc) is 2.80. The van der Waals surface area contributed by atoms with Crippen molar-refractivity contribution in [2.24, 2.45) is 0 Å². The molecule has 0 saturated heterocycles. The largest absolute Gasteiger partial charge is 0.344 e. The minimum Gasteiger partial charge on any atom is -0.344 e. The Labute approximate surface area is 117 Å². The van der Waals surface area contributed by atoms with E-state index in [0.29, 0.717) is 6.54 Å². The highest BCUT2D eigenvalue weighted by Crippen LogP contribution is 2.24. The van der Waals surface area contributed by atoms with Crippen molar-refractivity contribution in [3.8, 4) is 11.3 Å². The van der Waals surface area contributed by atoms with Crippen molar-refractivity contribution in [1.82, 2.24) is 15.3 Å². The normalized spacial score (nSPS) is 10.7. The van der Waals surface area contributed by atoms with Crippen molar-refractivity contribution in [3.63, 3.8) is 0 Å². The monoisotopic (exact) mass is 274 g/mol. The summed E-state index contributed by atoms with van der Waals surface area (Å²) in [5, 5.41) is 14.1. The molecular formula is C14H18N4O2. The summed E-state index contributed by atoms with van der Waals surface area (Å²) in [6, 6.07) is 6.54. The number of hydrogen-bond donors (Lipinski definition) is 2. The molecule has 0 atom stereocenters. The van der Waals surface area contributed by atoms with Crippen molar-refractivity contribution >= 4 is 5.69 Å². The number of hydrogen-bond acceptors (Lipinski definition) is 4. The quantitative estimate of drug-likeness (QED) is 0.482. The lowest BCUT2D eigenvalue weighted by molar-refractivity contribution is -0.384. The first-order valence-corrected chi connectivity index (χ1v) is 6.63. The standard InChI is InChI=1S/C14H18N4O2/c1-3-7-15-9-13-16-10(2)14(17-13)11-5-4-6-12(8-11)18(19)20/h4-6,8,15H,3,7,9H2,1-2H3,(H,16,17). The zero-order valence-electron chi connectivity index (χ0n) is 11.6. The van der Waals surface area contributed by atoms with Crippen LogP contribution < -0.4 is 5.32 Å². The number of non-ortho nitro benzene ring substituents is 1. The molecular weight excluding hydrogens is 256 g/mol. The molecule has 0 amide bonds. The Kier molecular flexibility index (Phi) is 4.47. The Bertz CT molecular complexity index is 607. The number of nitrogens with one attached hydrogen (secondary N) is 2. The summed E-state index contributed by atoms with van der Waals surface area (Å²) in [6.45, 7) is 5.63. The average molecular weight is 274 g/mol. The third-order valence-electron chi connectivity index (χ3n) is 2.98. The van der Waals surface area contributed by atoms with Crippen LogP contribution in [0.4, 0.5) is 5.69 Å². The summed E-state index contributed by atoms with van der Waals surface area (Å²) in [5.41, 5.74) is 2.52. The molecule has 20 heavy (non-hydrogen) atoms. The molecule has 1 aromatic carbocycles. The number of H-pyrrole nitrogens is 1. The van der Waals surface area contributed by atoms with E-state index in [1.807, 2.05) is 13.0 Å². The highest BCUT2D eigenvalue weighted by molar-refractivity contribution is 5.64. The smallest absolute Gasteiger partial charge is 0.270 e. The van der Waals surface area contributed by atoms with Gasteiger partial charge in [-0.3, -0.25) is 10.1 Å². The number of aromatic nitrogens is 2. The van der Waals surface area contributed by atoms with Gasteiger partial charge in [-0.15, -0.1) is 0 Å². The highest BCUT2D eigenvalue weighted by Gasteiger charge is 2.12. The van der Waals surface area contributed by atoms with Gasteiger partial charge in [-0.25, -0.2) is 4.98 Å². The predicted molar refractivity (Wildman–Crippen MR) is 77.4 cm³/mol. The first-order valence-electron chi connectivity index (χ1n) is 6.63. The molecule has 0 aliphatic heterocycles. The second-order valence-corrected chi connectivity index (χ2v) is 4.64. The Morgan fingerprint density at radius 3 is 2.95 bits per heavy atom. The van der Waals surface area contributed by atoms with E-state index in [2.05, 4.69) is 22.2 Å². The Balaban J connectivity index is 2.24. The number of rotatable bonds is 6. The molecule has 0 fully saturated rings. The summed E-state index contributed by atoms with van der Waals surface area (Å²) in [5.74, 6) is 0.845. The van der Waals surface area contributed by atoms with Crippen LogP contribution in [0.2, 0.25) is 0 Å². The van der Waals surface area contributed by atoms with Gasteiger partial charge >= 0.3 is 0 Å². The summed E-state index contributed by atoms with van der Waals surface area (Å²) < 4.78 is 0. The molecule has 2 aromatic rings. The van der Waals surface area contributed by atoms with E-state index >= 15 is 0 Å². The summed E-state index contributed by atoms with van der Waals surface area (Å²) >= 11 is 0. The first-order chi connectivity index (χ1) is 9.61. The van der Waals surface area contributed by atoms with Crippen LogP contribution in [-0.4, -0.2) is 21.4 Å². The molecule has 0 radical (unpaired) electrons. The molecule has 0 spiro atoms. The number of aryl methyl sites for hydroxylation is 1. The van der Waals surface area contributed by atoms with Crippen molar-refractivity contribution in [1.29, 1.82) is 0 Å². The zero-order chi connectivity index (χ0) is 14.5. The Morgan fingerprint density at radius 2 is 2.25 bits per heavy atom. The minimum atomic E-state index is -0.394. The Hall–Kier alpha value is -2.21. The molecule has 0 aliphatic rings. The maximum atomic E-state index is 10.8. The lowest BCUT2D eigenvalue weighted by Gasteiger charge is -1.99. The van der Waals surface area contributed by atoms with Crippen LogP contribution in [-0.2, 0) is 6.54 Å². The van der Waals surface area contributed by atoms with E-state index in [1.165, 1.54) is 6.07 Å². The third kappa shape index (κ3) is 3.21. The number of imidazole rings is 1. The lowest BCUT2D eigenvalue weighted by atomic mass is 10.1. The second-order valence-electron chi connectivity index (χ2n) is 4.64. The topological polar surface area (TPSA) is 83.8 Å². The number of nitro groups is 1. The number of aromatic amines is 1. The van der Waals surface area contributed by atoms with Gasteiger partial charge in [0, 0.05) is 23.4 Å². The molecule has 0 aliphatic carbocycles. The molecule has 6 nitrogen and oxygen atoms in total. The van der Waals surface area contributed by atoms with Crippen LogP contribution in [0.3, 0.4) is 0 Å². The van der Waals surface area contributed by atoms with Crippen LogP contribution in [0.5, 0.6) is 0 Å². The van der Waals surface area contributed by atoms with Crippen molar-refractivity contribution < 1.29 is 4.92 Å². The maximum absolute atomic E-state index is 10.8. The molecule has 2 rings (SSSR count). The minimum absolute atomic E-state index is 0.0792. The van der Waals surface area contributed by atoms with Crippen molar-refractivity contribution in [3.05, 3.63) is 45.9 Å². The van der Waals surface area contributed by atoms with Gasteiger partial charge in [-0.05, 0) is 19.9 Å². The molecule has 2 N–H and O–H groups in total. The molecule has 1 aromatic heterocycles. The fraction of sp³-hybridized carbons (Fsp3) is 0.357. The summed E-state index contributed by atoms with van der Waals surface area (Å²) in [7, 11) is 0. The molecule has 6 heteroatoms. The van der Waals surface area contributed by atoms with Crippen LogP contribution in [0.15, 0.2) is 24.3 Å². The highest BCUT2D eigenvalue weighted by atomic mass is 16.6. The van der Waals surface area contributed by atoms with Gasteiger partial charge in [0.05, 0.1) is 17.2 Å². The molecule has 1 heterocycles. The maximum Gasteiger partial charge on any atom is 0.270 e. The molecule has 106 valence electrons. The van der Waals surface area contributed by atoms with Crippen LogP contribution >= 0.6 is 0 Å². The predicted octanol–water partition coefficient (Wildman–Crippen LogP) is 2.79. The van der Waals surface area contributed by atoms with E-state index in [1.54, 1.807) is 12.1 Å². The van der Waals surface area contributed by atoms with Gasteiger partial charge in [0.15, 0.2) is 0 Å². The first kappa shape index (κ1) is 14.2. The van der Waals surface area contributed by atoms with Crippen LogP contribution in [0, 0.1) is 17.0 Å². The summed E-state index contributed by atoms with van der Waals surface area (Å²) in [4.78, 5) is 18.1. The van der Waals surface area contributed by atoms with E-state index in [-0.39, 0.29) is 5.69 Å². The summed E-state index contributed by atoms with van der Waals surface area (Å²) in [6.07, 6.45) is 1.07. The fourth-order valence-corrected chi connectivity index (χ4v) is 2.04. The zero-order valence-corrected chi connectivity index (χ0v) is 11.6. The van der Waals surface area contributed by atoms with E-state index in [4.69, 9.17) is 0 Å². The fourth-order valence-electron chi connectivity index (χ4n) is 2.04. The number of benzene rings is 1. The third-order valence-corrected chi connectivity index (χ3v) is 2.98. The van der Waals surface area contributed by atoms with E-state index < -0.39 is 4.92 Å². The molecule has 0 bridgehead atoms. The van der Waals surface area contributed by atoms with Crippen LogP contribution in [0.1, 0.15) is 24.9 Å². The Morgan fingerprint density at radius 1 is 1.45 bits per heavy atom.